The second-order valence-corrected chi connectivity index (χ2v) is 5.43. The van der Waals surface area contributed by atoms with Crippen LogP contribution in [0.3, 0.4) is 0 Å². The Hall–Kier alpha value is -2.35. The van der Waals surface area contributed by atoms with Crippen LogP contribution in [-0.4, -0.2) is 43.3 Å². The summed E-state index contributed by atoms with van der Waals surface area (Å²) in [6, 6.07) is 3.97. The maximum atomic E-state index is 13.1. The van der Waals surface area contributed by atoms with E-state index in [0.29, 0.717) is 11.1 Å². The average molecular weight is 338 g/mol. The molecule has 1 aliphatic heterocycles. The number of nitrogens with zero attached hydrogens (tertiary/aromatic N) is 3. The van der Waals surface area contributed by atoms with Gasteiger partial charge in [-0.15, -0.1) is 0 Å². The Morgan fingerprint density at radius 3 is 2.38 bits per heavy atom. The highest BCUT2D eigenvalue weighted by atomic mass is 19.4. The van der Waals surface area contributed by atoms with Gasteiger partial charge in [0.2, 0.25) is 0 Å². The van der Waals surface area contributed by atoms with Crippen molar-refractivity contribution in [1.29, 1.82) is 0 Å². The van der Waals surface area contributed by atoms with Gasteiger partial charge in [0.05, 0.1) is 12.7 Å². The molecule has 1 saturated heterocycles. The first kappa shape index (κ1) is 16.5. The van der Waals surface area contributed by atoms with Crippen LogP contribution < -0.4 is 15.0 Å². The van der Waals surface area contributed by atoms with Crippen molar-refractivity contribution >= 4 is 5.69 Å². The number of alkyl halides is 3. The maximum Gasteiger partial charge on any atom is 0.416 e. The fourth-order valence-corrected chi connectivity index (χ4v) is 2.69. The van der Waals surface area contributed by atoms with Crippen LogP contribution in [0, 0.1) is 0 Å². The lowest BCUT2D eigenvalue weighted by Crippen LogP contribution is -2.43. The lowest BCUT2D eigenvalue weighted by atomic mass is 10.0. The number of benzene rings is 1. The van der Waals surface area contributed by atoms with Gasteiger partial charge < -0.3 is 15.0 Å². The molecule has 8 heteroatoms. The van der Waals surface area contributed by atoms with Gasteiger partial charge in [-0.3, -0.25) is 0 Å². The summed E-state index contributed by atoms with van der Waals surface area (Å²) in [5.74, 6) is 0. The van der Waals surface area contributed by atoms with Crippen molar-refractivity contribution < 1.29 is 17.9 Å². The van der Waals surface area contributed by atoms with Crippen molar-refractivity contribution in [2.45, 2.75) is 6.18 Å². The zero-order valence-electron chi connectivity index (χ0n) is 13.1. The summed E-state index contributed by atoms with van der Waals surface area (Å²) in [4.78, 5) is 10.1. The number of aromatic nitrogens is 2. The van der Waals surface area contributed by atoms with Crippen LogP contribution in [0.15, 0.2) is 30.6 Å². The van der Waals surface area contributed by atoms with Crippen LogP contribution in [0.5, 0.6) is 6.01 Å². The van der Waals surface area contributed by atoms with E-state index in [9.17, 15) is 13.2 Å². The third-order valence-corrected chi connectivity index (χ3v) is 3.90. The molecule has 0 saturated carbocycles. The van der Waals surface area contributed by atoms with Gasteiger partial charge in [-0.1, -0.05) is 0 Å². The Kier molecular flexibility index (Phi) is 4.57. The highest BCUT2D eigenvalue weighted by molar-refractivity contribution is 5.79. The van der Waals surface area contributed by atoms with E-state index in [1.54, 1.807) is 0 Å². The molecule has 0 radical (unpaired) electrons. The van der Waals surface area contributed by atoms with E-state index < -0.39 is 11.7 Å². The Bertz CT molecular complexity index is 697. The lowest BCUT2D eigenvalue weighted by molar-refractivity contribution is -0.137. The Balaban J connectivity index is 2.07. The number of rotatable bonds is 3. The van der Waals surface area contributed by atoms with Crippen LogP contribution in [-0.2, 0) is 6.18 Å². The number of anilines is 1. The van der Waals surface area contributed by atoms with E-state index in [-0.39, 0.29) is 6.01 Å². The Labute approximate surface area is 137 Å². The van der Waals surface area contributed by atoms with Gasteiger partial charge >= 0.3 is 12.2 Å². The quantitative estimate of drug-likeness (QED) is 0.932. The highest BCUT2D eigenvalue weighted by Gasteiger charge is 2.31. The number of piperazine rings is 1. The molecule has 2 heterocycles. The zero-order chi connectivity index (χ0) is 17.2. The lowest BCUT2D eigenvalue weighted by Gasteiger charge is -2.31. The fourth-order valence-electron chi connectivity index (χ4n) is 2.69. The third-order valence-electron chi connectivity index (χ3n) is 3.90. The summed E-state index contributed by atoms with van der Waals surface area (Å²) >= 11 is 0. The highest BCUT2D eigenvalue weighted by Crippen LogP contribution is 2.37. The molecule has 1 aromatic heterocycles. The molecule has 0 spiro atoms. The molecule has 5 nitrogen and oxygen atoms in total. The van der Waals surface area contributed by atoms with Crippen molar-refractivity contribution in [2.24, 2.45) is 0 Å². The molecule has 0 unspecified atom stereocenters. The van der Waals surface area contributed by atoms with Gasteiger partial charge in [-0.2, -0.15) is 13.2 Å². The molecular formula is C16H17F3N4O. The van der Waals surface area contributed by atoms with Crippen molar-refractivity contribution in [2.75, 3.05) is 38.2 Å². The minimum atomic E-state index is -4.40. The van der Waals surface area contributed by atoms with Gasteiger partial charge in [0, 0.05) is 55.4 Å². The van der Waals surface area contributed by atoms with E-state index >= 15 is 0 Å². The summed E-state index contributed by atoms with van der Waals surface area (Å²) in [6.07, 6.45) is -1.44. The number of hydrogen-bond donors (Lipinski definition) is 1. The number of hydrogen-bond acceptors (Lipinski definition) is 5. The van der Waals surface area contributed by atoms with Crippen LogP contribution in [0.25, 0.3) is 11.1 Å². The van der Waals surface area contributed by atoms with E-state index in [2.05, 4.69) is 20.2 Å². The minimum Gasteiger partial charge on any atom is -0.467 e. The van der Waals surface area contributed by atoms with E-state index in [0.717, 1.165) is 44.0 Å². The Morgan fingerprint density at radius 1 is 1.12 bits per heavy atom. The number of nitrogens with one attached hydrogen (secondary N) is 1. The second-order valence-electron chi connectivity index (χ2n) is 5.43. The van der Waals surface area contributed by atoms with E-state index in [4.69, 9.17) is 4.74 Å². The molecule has 0 bridgehead atoms. The molecule has 0 amide bonds. The van der Waals surface area contributed by atoms with Crippen LogP contribution >= 0.6 is 0 Å². The monoisotopic (exact) mass is 338 g/mol. The molecular weight excluding hydrogens is 321 g/mol. The number of ether oxygens (including phenoxy) is 1. The van der Waals surface area contributed by atoms with Gasteiger partial charge in [-0.25, -0.2) is 9.97 Å². The van der Waals surface area contributed by atoms with Crippen molar-refractivity contribution in [1.82, 2.24) is 15.3 Å². The number of methoxy groups -OCH3 is 1. The maximum absolute atomic E-state index is 13.1. The first-order chi connectivity index (χ1) is 11.5. The first-order valence-electron chi connectivity index (χ1n) is 7.52. The van der Waals surface area contributed by atoms with Crippen LogP contribution in [0.2, 0.25) is 0 Å². The van der Waals surface area contributed by atoms with Gasteiger partial charge in [0.15, 0.2) is 0 Å². The largest absolute Gasteiger partial charge is 0.467 e. The molecule has 1 aliphatic rings. The molecule has 1 aromatic carbocycles. The predicted molar refractivity (Wildman–Crippen MR) is 84.1 cm³/mol. The predicted octanol–water partition coefficient (Wildman–Crippen LogP) is 2.58. The molecule has 0 atom stereocenters. The van der Waals surface area contributed by atoms with Crippen molar-refractivity contribution in [3.05, 3.63) is 36.2 Å². The second kappa shape index (κ2) is 6.64. The van der Waals surface area contributed by atoms with Crippen molar-refractivity contribution in [3.63, 3.8) is 0 Å². The normalized spacial score (nSPS) is 15.4. The third kappa shape index (κ3) is 3.43. The zero-order valence-corrected chi connectivity index (χ0v) is 13.1. The summed E-state index contributed by atoms with van der Waals surface area (Å²) in [5.41, 5.74) is 1.05. The summed E-state index contributed by atoms with van der Waals surface area (Å²) in [7, 11) is 1.44. The SMILES string of the molecule is COc1ncc(-c2cc(C(F)(F)F)ccc2N2CCNCC2)cn1. The van der Waals surface area contributed by atoms with Crippen molar-refractivity contribution in [3.8, 4) is 17.1 Å². The average Bonchev–Trinajstić information content (AvgIpc) is 2.61. The summed E-state index contributed by atoms with van der Waals surface area (Å²) in [5, 5.41) is 3.23. The van der Waals surface area contributed by atoms with Crippen LogP contribution in [0.4, 0.5) is 18.9 Å². The smallest absolute Gasteiger partial charge is 0.416 e. The number of halogens is 3. The standard InChI is InChI=1S/C16H17F3N4O/c1-24-15-21-9-11(10-22-15)13-8-12(16(17,18)19)2-3-14(13)23-6-4-20-5-7-23/h2-3,8-10,20H,4-7H2,1H3. The molecule has 2 aromatic rings. The van der Waals surface area contributed by atoms with Gasteiger partial charge in [-0.05, 0) is 18.2 Å². The summed E-state index contributed by atoms with van der Waals surface area (Å²) < 4.78 is 44.2. The first-order valence-corrected chi connectivity index (χ1v) is 7.52. The Morgan fingerprint density at radius 2 is 1.79 bits per heavy atom. The van der Waals surface area contributed by atoms with Crippen LogP contribution in [0.1, 0.15) is 5.56 Å². The molecule has 1 fully saturated rings. The van der Waals surface area contributed by atoms with E-state index in [1.807, 2.05) is 0 Å². The molecule has 3 rings (SSSR count). The molecule has 0 aliphatic carbocycles. The van der Waals surface area contributed by atoms with E-state index in [1.165, 1.54) is 25.6 Å². The topological polar surface area (TPSA) is 50.3 Å². The fraction of sp³-hybridized carbons (Fsp3) is 0.375. The van der Waals surface area contributed by atoms with Gasteiger partial charge in [0.25, 0.3) is 0 Å². The van der Waals surface area contributed by atoms with Gasteiger partial charge in [0.1, 0.15) is 0 Å². The minimum absolute atomic E-state index is 0.175. The molecule has 24 heavy (non-hydrogen) atoms. The molecule has 128 valence electrons. The molecule has 1 N–H and O–H groups in total. The summed E-state index contributed by atoms with van der Waals surface area (Å²) in [6.45, 7) is 3.05.